The Bertz CT molecular complexity index is 759. The summed E-state index contributed by atoms with van der Waals surface area (Å²) in [6, 6.07) is 3.26. The Hall–Kier alpha value is -1.99. The van der Waals surface area contributed by atoms with Crippen LogP contribution < -0.4 is 10.6 Å². The second kappa shape index (κ2) is 12.0. The number of amides is 2. The maximum Gasteiger partial charge on any atom is 0.246 e. The van der Waals surface area contributed by atoms with E-state index in [2.05, 4.69) is 15.5 Å². The number of piperidine rings is 1. The summed E-state index contributed by atoms with van der Waals surface area (Å²) in [4.78, 5) is 38.8. The number of hydrogen-bond donors (Lipinski definition) is 2. The molecule has 6 nitrogen and oxygen atoms in total. The van der Waals surface area contributed by atoms with Gasteiger partial charge in [0.2, 0.25) is 11.8 Å². The molecule has 1 aliphatic rings. The van der Waals surface area contributed by atoms with Gasteiger partial charge in [-0.05, 0) is 64.4 Å². The first-order chi connectivity index (χ1) is 14.3. The van der Waals surface area contributed by atoms with Crippen LogP contribution in [-0.4, -0.2) is 48.7 Å². The molecular formula is C22H31ClFN3O3. The molecule has 2 amide bonds. The van der Waals surface area contributed by atoms with Crippen LogP contribution in [0.2, 0.25) is 5.02 Å². The van der Waals surface area contributed by atoms with Crippen molar-refractivity contribution in [3.05, 3.63) is 29.0 Å². The normalized spacial score (nSPS) is 17.9. The van der Waals surface area contributed by atoms with Crippen molar-refractivity contribution in [3.8, 4) is 0 Å². The summed E-state index contributed by atoms with van der Waals surface area (Å²) >= 11 is 5.79. The highest BCUT2D eigenvalue weighted by Crippen LogP contribution is 2.20. The molecule has 2 atom stereocenters. The van der Waals surface area contributed by atoms with E-state index in [0.29, 0.717) is 31.5 Å². The van der Waals surface area contributed by atoms with Gasteiger partial charge in [0.25, 0.3) is 0 Å². The highest BCUT2D eigenvalue weighted by Gasteiger charge is 2.28. The van der Waals surface area contributed by atoms with Crippen LogP contribution in [0.5, 0.6) is 0 Å². The van der Waals surface area contributed by atoms with Crippen molar-refractivity contribution in [2.75, 3.05) is 25.5 Å². The monoisotopic (exact) mass is 439 g/mol. The van der Waals surface area contributed by atoms with Gasteiger partial charge in [0, 0.05) is 18.7 Å². The molecule has 1 aromatic carbocycles. The van der Waals surface area contributed by atoms with E-state index in [4.69, 9.17) is 11.6 Å². The Kier molecular flexibility index (Phi) is 9.72. The minimum absolute atomic E-state index is 0.0807. The fourth-order valence-electron chi connectivity index (χ4n) is 3.64. The molecule has 2 N–H and O–H groups in total. The Morgan fingerprint density at radius 2 is 2.03 bits per heavy atom. The van der Waals surface area contributed by atoms with Gasteiger partial charge in [-0.2, -0.15) is 0 Å². The van der Waals surface area contributed by atoms with Crippen LogP contribution in [0, 0.1) is 11.7 Å². The molecule has 0 saturated carbocycles. The Morgan fingerprint density at radius 1 is 1.27 bits per heavy atom. The zero-order valence-corrected chi connectivity index (χ0v) is 18.4. The van der Waals surface area contributed by atoms with E-state index < -0.39 is 11.9 Å². The molecule has 30 heavy (non-hydrogen) atoms. The van der Waals surface area contributed by atoms with E-state index in [1.807, 2.05) is 7.05 Å². The SMILES string of the molecule is CC(=O)CCCCC[C@H](NC(=O)C1CCCN(C)C1)C(=O)Nc1ccc(F)c(Cl)c1. The van der Waals surface area contributed by atoms with Crippen molar-refractivity contribution in [2.24, 2.45) is 5.92 Å². The number of nitrogens with zero attached hydrogens (tertiary/aromatic N) is 1. The zero-order chi connectivity index (χ0) is 22.1. The first kappa shape index (κ1) is 24.3. The lowest BCUT2D eigenvalue weighted by Crippen LogP contribution is -2.49. The van der Waals surface area contributed by atoms with E-state index in [0.717, 1.165) is 32.2 Å². The number of Topliss-reactive ketones (excluding diaryl/α,β-unsaturated/α-hetero) is 1. The molecule has 1 fully saturated rings. The van der Waals surface area contributed by atoms with Gasteiger partial charge in [0.05, 0.1) is 10.9 Å². The molecule has 166 valence electrons. The van der Waals surface area contributed by atoms with Crippen molar-refractivity contribution in [2.45, 2.75) is 57.9 Å². The van der Waals surface area contributed by atoms with E-state index in [1.54, 1.807) is 6.92 Å². The second-order valence-electron chi connectivity index (χ2n) is 8.08. The lowest BCUT2D eigenvalue weighted by Gasteiger charge is -2.30. The number of likely N-dealkylation sites (tertiary alicyclic amines) is 1. The number of nitrogens with one attached hydrogen (secondary N) is 2. The van der Waals surface area contributed by atoms with Crippen LogP contribution in [0.15, 0.2) is 18.2 Å². The summed E-state index contributed by atoms with van der Waals surface area (Å²) in [6.07, 6.45) is 5.01. The minimum Gasteiger partial charge on any atom is -0.344 e. The van der Waals surface area contributed by atoms with Crippen molar-refractivity contribution in [3.63, 3.8) is 0 Å². The van der Waals surface area contributed by atoms with Crippen LogP contribution in [0.3, 0.4) is 0 Å². The first-order valence-electron chi connectivity index (χ1n) is 10.5. The Labute approximate surface area is 182 Å². The largest absolute Gasteiger partial charge is 0.344 e. The van der Waals surface area contributed by atoms with Crippen molar-refractivity contribution < 1.29 is 18.8 Å². The number of carbonyl (C=O) groups excluding carboxylic acids is 3. The quantitative estimate of drug-likeness (QED) is 0.544. The van der Waals surface area contributed by atoms with Crippen LogP contribution in [-0.2, 0) is 14.4 Å². The lowest BCUT2D eigenvalue weighted by molar-refractivity contribution is -0.130. The van der Waals surface area contributed by atoms with Gasteiger partial charge in [-0.3, -0.25) is 9.59 Å². The molecule has 1 heterocycles. The molecule has 8 heteroatoms. The average molecular weight is 440 g/mol. The summed E-state index contributed by atoms with van der Waals surface area (Å²) in [5.41, 5.74) is 0.375. The van der Waals surface area contributed by atoms with Gasteiger partial charge < -0.3 is 20.3 Å². The van der Waals surface area contributed by atoms with Gasteiger partial charge in [-0.25, -0.2) is 4.39 Å². The van der Waals surface area contributed by atoms with E-state index in [-0.39, 0.29) is 28.5 Å². The molecule has 0 aromatic heterocycles. The summed E-state index contributed by atoms with van der Waals surface area (Å²) in [5, 5.41) is 5.54. The third kappa shape index (κ3) is 8.03. The Morgan fingerprint density at radius 3 is 2.70 bits per heavy atom. The van der Waals surface area contributed by atoms with Gasteiger partial charge in [-0.1, -0.05) is 24.4 Å². The highest BCUT2D eigenvalue weighted by atomic mass is 35.5. The molecule has 0 bridgehead atoms. The lowest BCUT2D eigenvalue weighted by atomic mass is 9.96. The molecule has 1 unspecified atom stereocenters. The third-order valence-corrected chi connectivity index (χ3v) is 5.63. The molecule has 1 saturated heterocycles. The number of ketones is 1. The van der Waals surface area contributed by atoms with Crippen LogP contribution >= 0.6 is 11.6 Å². The van der Waals surface area contributed by atoms with Crippen molar-refractivity contribution in [1.82, 2.24) is 10.2 Å². The van der Waals surface area contributed by atoms with E-state index in [9.17, 15) is 18.8 Å². The predicted molar refractivity (Wildman–Crippen MR) is 116 cm³/mol. The van der Waals surface area contributed by atoms with Gasteiger partial charge in [-0.15, -0.1) is 0 Å². The predicted octanol–water partition coefficient (Wildman–Crippen LogP) is 3.78. The first-order valence-corrected chi connectivity index (χ1v) is 10.9. The number of carbonyl (C=O) groups is 3. The Balaban J connectivity index is 1.99. The smallest absolute Gasteiger partial charge is 0.246 e. The fraction of sp³-hybridized carbons (Fsp3) is 0.591. The number of hydrogen-bond acceptors (Lipinski definition) is 4. The number of anilines is 1. The standard InChI is InChI=1S/C22H31ClFN3O3/c1-15(28)7-4-3-5-9-20(26-21(29)16-8-6-12-27(2)14-16)22(30)25-17-10-11-19(24)18(23)13-17/h10-11,13,16,20H,3-9,12,14H2,1-2H3,(H,25,30)(H,26,29)/t16?,20-/m0/s1. The number of halogens is 2. The average Bonchev–Trinajstić information content (AvgIpc) is 2.69. The van der Waals surface area contributed by atoms with Gasteiger partial charge in [0.1, 0.15) is 17.6 Å². The van der Waals surface area contributed by atoms with Gasteiger partial charge in [0.15, 0.2) is 0 Å². The number of rotatable bonds is 10. The summed E-state index contributed by atoms with van der Waals surface area (Å²) < 4.78 is 13.4. The van der Waals surface area contributed by atoms with E-state index >= 15 is 0 Å². The van der Waals surface area contributed by atoms with Crippen LogP contribution in [0.4, 0.5) is 10.1 Å². The molecular weight excluding hydrogens is 409 g/mol. The number of unbranched alkanes of at least 4 members (excludes halogenated alkanes) is 2. The highest BCUT2D eigenvalue weighted by molar-refractivity contribution is 6.31. The summed E-state index contributed by atoms with van der Waals surface area (Å²) in [7, 11) is 1.98. The van der Waals surface area contributed by atoms with Crippen LogP contribution in [0.25, 0.3) is 0 Å². The molecule has 0 radical (unpaired) electrons. The van der Waals surface area contributed by atoms with E-state index in [1.165, 1.54) is 18.2 Å². The van der Waals surface area contributed by atoms with Crippen molar-refractivity contribution in [1.29, 1.82) is 0 Å². The zero-order valence-electron chi connectivity index (χ0n) is 17.7. The second-order valence-corrected chi connectivity index (χ2v) is 8.49. The third-order valence-electron chi connectivity index (χ3n) is 5.34. The molecule has 2 rings (SSSR count). The topological polar surface area (TPSA) is 78.5 Å². The molecule has 1 aliphatic heterocycles. The molecule has 0 aliphatic carbocycles. The maximum atomic E-state index is 13.4. The fourth-order valence-corrected chi connectivity index (χ4v) is 3.82. The van der Waals surface area contributed by atoms with Crippen molar-refractivity contribution >= 4 is 34.9 Å². The summed E-state index contributed by atoms with van der Waals surface area (Å²) in [5.74, 6) is -1.04. The summed E-state index contributed by atoms with van der Waals surface area (Å²) in [6.45, 7) is 3.20. The maximum absolute atomic E-state index is 13.4. The molecule has 0 spiro atoms. The number of benzene rings is 1. The minimum atomic E-state index is -0.703. The molecule has 1 aromatic rings. The van der Waals surface area contributed by atoms with Gasteiger partial charge >= 0.3 is 0 Å². The van der Waals surface area contributed by atoms with Crippen LogP contribution in [0.1, 0.15) is 51.9 Å².